The Balaban J connectivity index is 2.48. The average Bonchev–Trinajstić information content (AvgIpc) is 2.27. The van der Waals surface area contributed by atoms with E-state index < -0.39 is 0 Å². The maximum Gasteiger partial charge on any atom is 0.176 e. The van der Waals surface area contributed by atoms with Gasteiger partial charge >= 0.3 is 0 Å². The fraction of sp³-hybridized carbons (Fsp3) is 0.417. The van der Waals surface area contributed by atoms with Crippen LogP contribution in [0.3, 0.4) is 0 Å². The molecule has 0 radical (unpaired) electrons. The highest BCUT2D eigenvalue weighted by molar-refractivity contribution is 5.97. The summed E-state index contributed by atoms with van der Waals surface area (Å²) in [5, 5.41) is 9.10. The van der Waals surface area contributed by atoms with Crippen LogP contribution in [0.15, 0.2) is 24.3 Å². The number of Topliss-reactive ketones (excluding diaryl/α,β-unsaturated/α-hetero) is 1. The summed E-state index contributed by atoms with van der Waals surface area (Å²) >= 11 is 0. The number of rotatable bonds is 6. The number of carbonyl (C=O) groups is 1. The van der Waals surface area contributed by atoms with Crippen molar-refractivity contribution in [2.45, 2.75) is 0 Å². The van der Waals surface area contributed by atoms with Gasteiger partial charge in [-0.1, -0.05) is 0 Å². The van der Waals surface area contributed by atoms with Gasteiger partial charge in [0, 0.05) is 19.2 Å². The molecule has 0 bridgehead atoms. The predicted octanol–water partition coefficient (Wildman–Crippen LogP) is 1.15. The van der Waals surface area contributed by atoms with Crippen LogP contribution in [0, 0.1) is 0 Å². The summed E-state index contributed by atoms with van der Waals surface area (Å²) in [4.78, 5) is 13.7. The summed E-state index contributed by atoms with van der Waals surface area (Å²) in [5.74, 6) is 0.211. The van der Waals surface area contributed by atoms with Crippen molar-refractivity contribution >= 4 is 5.78 Å². The van der Waals surface area contributed by atoms with E-state index in [1.807, 2.05) is 11.9 Å². The Labute approximate surface area is 95.5 Å². The van der Waals surface area contributed by atoms with Crippen LogP contribution in [0.25, 0.3) is 0 Å². The highest BCUT2D eigenvalue weighted by Gasteiger charge is 2.08. The fourth-order valence-corrected chi connectivity index (χ4v) is 1.31. The Hall–Kier alpha value is -1.39. The number of benzene rings is 1. The third kappa shape index (κ3) is 4.00. The Morgan fingerprint density at radius 2 is 2.00 bits per heavy atom. The molecule has 4 heteroatoms. The standard InChI is InChI=1S/C12H17NO3/c1-13(7-8-16-2)9-12(15)10-3-5-11(14)6-4-10/h3-6,14H,7-9H2,1-2H3. The number of phenols is 1. The van der Waals surface area contributed by atoms with E-state index in [9.17, 15) is 4.79 Å². The van der Waals surface area contributed by atoms with Crippen LogP contribution in [0.5, 0.6) is 5.75 Å². The predicted molar refractivity (Wildman–Crippen MR) is 61.8 cm³/mol. The average molecular weight is 223 g/mol. The van der Waals surface area contributed by atoms with E-state index in [1.165, 1.54) is 12.1 Å². The zero-order valence-corrected chi connectivity index (χ0v) is 9.64. The van der Waals surface area contributed by atoms with E-state index in [2.05, 4.69) is 0 Å². The van der Waals surface area contributed by atoms with Crippen LogP contribution in [-0.2, 0) is 4.74 Å². The lowest BCUT2D eigenvalue weighted by molar-refractivity contribution is 0.0922. The number of phenolic OH excluding ortho intramolecular Hbond substituents is 1. The molecule has 0 aliphatic heterocycles. The van der Waals surface area contributed by atoms with E-state index in [1.54, 1.807) is 19.2 Å². The number of ether oxygens (including phenoxy) is 1. The summed E-state index contributed by atoms with van der Waals surface area (Å²) in [6.45, 7) is 1.69. The number of hydrogen-bond acceptors (Lipinski definition) is 4. The summed E-state index contributed by atoms with van der Waals surface area (Å²) in [6.07, 6.45) is 0. The SMILES string of the molecule is COCCN(C)CC(=O)c1ccc(O)cc1. The molecular weight excluding hydrogens is 206 g/mol. The molecule has 1 aromatic rings. The zero-order chi connectivity index (χ0) is 12.0. The molecule has 0 aromatic heterocycles. The molecule has 1 aromatic carbocycles. The van der Waals surface area contributed by atoms with Gasteiger partial charge in [0.15, 0.2) is 5.78 Å². The van der Waals surface area contributed by atoms with Gasteiger partial charge < -0.3 is 9.84 Å². The highest BCUT2D eigenvalue weighted by Crippen LogP contribution is 2.10. The fourth-order valence-electron chi connectivity index (χ4n) is 1.31. The lowest BCUT2D eigenvalue weighted by Gasteiger charge is -2.14. The van der Waals surface area contributed by atoms with Crippen molar-refractivity contribution in [1.29, 1.82) is 0 Å². The largest absolute Gasteiger partial charge is 0.508 e. The van der Waals surface area contributed by atoms with Crippen molar-refractivity contribution < 1.29 is 14.6 Å². The maximum atomic E-state index is 11.8. The quantitative estimate of drug-likeness (QED) is 0.735. The molecule has 0 unspecified atom stereocenters. The van der Waals surface area contributed by atoms with Crippen molar-refractivity contribution in [2.75, 3.05) is 33.9 Å². The van der Waals surface area contributed by atoms with Gasteiger partial charge in [-0.3, -0.25) is 9.69 Å². The monoisotopic (exact) mass is 223 g/mol. The van der Waals surface area contributed by atoms with Crippen LogP contribution in [0.2, 0.25) is 0 Å². The third-order valence-electron chi connectivity index (χ3n) is 2.28. The lowest BCUT2D eigenvalue weighted by Crippen LogP contribution is -2.29. The minimum Gasteiger partial charge on any atom is -0.508 e. The van der Waals surface area contributed by atoms with Crippen LogP contribution in [0.4, 0.5) is 0 Å². The molecule has 0 amide bonds. The van der Waals surface area contributed by atoms with Crippen molar-refractivity contribution in [1.82, 2.24) is 4.90 Å². The van der Waals surface area contributed by atoms with Gasteiger partial charge in [-0.05, 0) is 31.3 Å². The Morgan fingerprint density at radius 3 is 2.56 bits per heavy atom. The van der Waals surface area contributed by atoms with Crippen molar-refractivity contribution in [3.63, 3.8) is 0 Å². The number of carbonyl (C=O) groups excluding carboxylic acids is 1. The number of ketones is 1. The molecule has 0 aliphatic rings. The second-order valence-corrected chi connectivity index (χ2v) is 3.70. The maximum absolute atomic E-state index is 11.8. The number of nitrogens with zero attached hydrogens (tertiary/aromatic N) is 1. The Morgan fingerprint density at radius 1 is 1.38 bits per heavy atom. The van der Waals surface area contributed by atoms with Gasteiger partial charge in [-0.25, -0.2) is 0 Å². The van der Waals surface area contributed by atoms with Gasteiger partial charge in [0.1, 0.15) is 5.75 Å². The third-order valence-corrected chi connectivity index (χ3v) is 2.28. The molecular formula is C12H17NO3. The van der Waals surface area contributed by atoms with Crippen molar-refractivity contribution in [2.24, 2.45) is 0 Å². The van der Waals surface area contributed by atoms with E-state index >= 15 is 0 Å². The first kappa shape index (κ1) is 12.7. The molecule has 0 fully saturated rings. The molecule has 0 saturated heterocycles. The topological polar surface area (TPSA) is 49.8 Å². The molecule has 16 heavy (non-hydrogen) atoms. The first-order valence-corrected chi connectivity index (χ1v) is 5.13. The summed E-state index contributed by atoms with van der Waals surface area (Å²) in [5.41, 5.74) is 0.613. The molecule has 0 saturated carbocycles. The Bertz CT molecular complexity index is 335. The molecule has 1 rings (SSSR count). The van der Waals surface area contributed by atoms with Crippen molar-refractivity contribution in [3.05, 3.63) is 29.8 Å². The van der Waals surface area contributed by atoms with E-state index in [0.717, 1.165) is 6.54 Å². The molecule has 1 N–H and O–H groups in total. The number of methoxy groups -OCH3 is 1. The molecule has 0 heterocycles. The van der Waals surface area contributed by atoms with Gasteiger partial charge in [0.05, 0.1) is 13.2 Å². The smallest absolute Gasteiger partial charge is 0.176 e. The minimum atomic E-state index is 0.0404. The van der Waals surface area contributed by atoms with Crippen molar-refractivity contribution in [3.8, 4) is 5.75 Å². The number of aromatic hydroxyl groups is 1. The number of hydrogen-bond donors (Lipinski definition) is 1. The van der Waals surface area contributed by atoms with E-state index in [-0.39, 0.29) is 11.5 Å². The normalized spacial score (nSPS) is 10.7. The van der Waals surface area contributed by atoms with Gasteiger partial charge in [0.25, 0.3) is 0 Å². The van der Waals surface area contributed by atoms with Crippen LogP contribution in [0.1, 0.15) is 10.4 Å². The summed E-state index contributed by atoms with van der Waals surface area (Å²) in [7, 11) is 3.51. The number of likely N-dealkylation sites (N-methyl/N-ethyl adjacent to an activating group) is 1. The molecule has 0 spiro atoms. The zero-order valence-electron chi connectivity index (χ0n) is 9.64. The second kappa shape index (κ2) is 6.25. The highest BCUT2D eigenvalue weighted by atomic mass is 16.5. The molecule has 0 aliphatic carbocycles. The molecule has 88 valence electrons. The van der Waals surface area contributed by atoms with Gasteiger partial charge in [0.2, 0.25) is 0 Å². The summed E-state index contributed by atoms with van der Waals surface area (Å²) in [6, 6.07) is 6.29. The van der Waals surface area contributed by atoms with Gasteiger partial charge in [-0.15, -0.1) is 0 Å². The summed E-state index contributed by atoms with van der Waals surface area (Å²) < 4.78 is 4.93. The van der Waals surface area contributed by atoms with Crippen LogP contribution < -0.4 is 0 Å². The van der Waals surface area contributed by atoms with E-state index in [4.69, 9.17) is 9.84 Å². The first-order chi connectivity index (χ1) is 7.63. The first-order valence-electron chi connectivity index (χ1n) is 5.13. The second-order valence-electron chi connectivity index (χ2n) is 3.70. The van der Waals surface area contributed by atoms with Crippen LogP contribution >= 0.6 is 0 Å². The van der Waals surface area contributed by atoms with Crippen LogP contribution in [-0.4, -0.2) is 49.6 Å². The van der Waals surface area contributed by atoms with Gasteiger partial charge in [-0.2, -0.15) is 0 Å². The lowest BCUT2D eigenvalue weighted by atomic mass is 10.1. The Kier molecular flexibility index (Phi) is 4.95. The molecule has 4 nitrogen and oxygen atoms in total. The van der Waals surface area contributed by atoms with E-state index in [0.29, 0.717) is 18.7 Å². The minimum absolute atomic E-state index is 0.0404. The molecule has 0 atom stereocenters.